The first-order chi connectivity index (χ1) is 11.3. The van der Waals surface area contributed by atoms with Gasteiger partial charge in [0.25, 0.3) is 0 Å². The van der Waals surface area contributed by atoms with E-state index < -0.39 is 0 Å². The van der Waals surface area contributed by atoms with Crippen LogP contribution in [-0.2, 0) is 0 Å². The molecule has 118 valence electrons. The summed E-state index contributed by atoms with van der Waals surface area (Å²) in [5.74, 6) is 2.05. The summed E-state index contributed by atoms with van der Waals surface area (Å²) in [6, 6.07) is 12.9. The van der Waals surface area contributed by atoms with Crippen molar-refractivity contribution in [3.8, 4) is 17.2 Å². The van der Waals surface area contributed by atoms with E-state index >= 15 is 0 Å². The van der Waals surface area contributed by atoms with Crippen molar-refractivity contribution in [1.82, 2.24) is 0 Å². The van der Waals surface area contributed by atoms with E-state index in [4.69, 9.17) is 14.2 Å². The Bertz CT molecular complexity index is 717. The minimum atomic E-state index is -0.0744. The lowest BCUT2D eigenvalue weighted by Crippen LogP contribution is -1.95. The summed E-state index contributed by atoms with van der Waals surface area (Å²) in [5.41, 5.74) is 1.52. The van der Waals surface area contributed by atoms with Crippen molar-refractivity contribution in [2.45, 2.75) is 13.3 Å². The highest BCUT2D eigenvalue weighted by Crippen LogP contribution is 2.32. The Labute approximate surface area is 135 Å². The highest BCUT2D eigenvalue weighted by atomic mass is 16.7. The van der Waals surface area contributed by atoms with Crippen molar-refractivity contribution < 1.29 is 19.0 Å². The van der Waals surface area contributed by atoms with E-state index in [-0.39, 0.29) is 12.6 Å². The van der Waals surface area contributed by atoms with Crippen LogP contribution in [0.5, 0.6) is 17.2 Å². The number of allylic oxidation sites excluding steroid dienone is 1. The van der Waals surface area contributed by atoms with Crippen LogP contribution in [0.4, 0.5) is 0 Å². The second kappa shape index (κ2) is 7.01. The van der Waals surface area contributed by atoms with Gasteiger partial charge < -0.3 is 14.2 Å². The van der Waals surface area contributed by atoms with Crippen molar-refractivity contribution >= 4 is 11.9 Å². The fraction of sp³-hybridized carbons (Fsp3) is 0.211. The smallest absolute Gasteiger partial charge is 0.231 e. The van der Waals surface area contributed by atoms with E-state index in [1.807, 2.05) is 24.3 Å². The van der Waals surface area contributed by atoms with E-state index in [2.05, 4.69) is 6.92 Å². The van der Waals surface area contributed by atoms with Gasteiger partial charge in [-0.25, -0.2) is 0 Å². The molecule has 0 aromatic heterocycles. The van der Waals surface area contributed by atoms with Crippen LogP contribution in [0, 0.1) is 0 Å². The molecule has 23 heavy (non-hydrogen) atoms. The molecular formula is C19H18O4. The van der Waals surface area contributed by atoms with Gasteiger partial charge in [-0.05, 0) is 48.4 Å². The molecule has 1 aliphatic heterocycles. The lowest BCUT2D eigenvalue weighted by Gasteiger charge is -2.04. The summed E-state index contributed by atoms with van der Waals surface area (Å²) in [4.78, 5) is 12.2. The van der Waals surface area contributed by atoms with Gasteiger partial charge in [0.05, 0.1) is 6.61 Å². The molecule has 0 fully saturated rings. The molecule has 0 bridgehead atoms. The minimum Gasteiger partial charge on any atom is -0.494 e. The van der Waals surface area contributed by atoms with Gasteiger partial charge in [-0.3, -0.25) is 4.79 Å². The number of rotatable bonds is 6. The summed E-state index contributed by atoms with van der Waals surface area (Å²) >= 11 is 0. The fourth-order valence-corrected chi connectivity index (χ4v) is 2.21. The maximum Gasteiger partial charge on any atom is 0.231 e. The number of fused-ring (bicyclic) bond motifs is 1. The number of carbonyl (C=O) groups is 1. The Morgan fingerprint density at radius 1 is 1.13 bits per heavy atom. The summed E-state index contributed by atoms with van der Waals surface area (Å²) < 4.78 is 16.1. The monoisotopic (exact) mass is 310 g/mol. The van der Waals surface area contributed by atoms with Crippen LogP contribution < -0.4 is 14.2 Å². The van der Waals surface area contributed by atoms with E-state index in [9.17, 15) is 4.79 Å². The molecule has 2 aromatic carbocycles. The zero-order chi connectivity index (χ0) is 16.1. The quantitative estimate of drug-likeness (QED) is 0.595. The van der Waals surface area contributed by atoms with E-state index in [0.717, 1.165) is 17.7 Å². The van der Waals surface area contributed by atoms with Crippen LogP contribution in [0.3, 0.4) is 0 Å². The van der Waals surface area contributed by atoms with Gasteiger partial charge in [-0.2, -0.15) is 0 Å². The Morgan fingerprint density at radius 2 is 1.91 bits per heavy atom. The van der Waals surface area contributed by atoms with Crippen molar-refractivity contribution in [3.05, 3.63) is 59.7 Å². The first-order valence-corrected chi connectivity index (χ1v) is 7.61. The Hall–Kier alpha value is -2.75. The van der Waals surface area contributed by atoms with Crippen molar-refractivity contribution in [2.24, 2.45) is 0 Å². The van der Waals surface area contributed by atoms with Gasteiger partial charge in [-0.15, -0.1) is 0 Å². The number of hydrogen-bond acceptors (Lipinski definition) is 4. The maximum atomic E-state index is 12.2. The molecule has 0 spiro atoms. The van der Waals surface area contributed by atoms with Gasteiger partial charge in [0.15, 0.2) is 17.3 Å². The van der Waals surface area contributed by atoms with Crippen molar-refractivity contribution in [3.63, 3.8) is 0 Å². The Balaban J connectivity index is 1.66. The number of hydrogen-bond donors (Lipinski definition) is 0. The third-order valence-corrected chi connectivity index (χ3v) is 3.44. The molecule has 0 saturated carbocycles. The molecule has 4 nitrogen and oxygen atoms in total. The molecular weight excluding hydrogens is 292 g/mol. The first kappa shape index (κ1) is 15.2. The van der Waals surface area contributed by atoms with Crippen LogP contribution in [0.1, 0.15) is 29.3 Å². The molecule has 0 atom stereocenters. The molecule has 0 N–H and O–H groups in total. The zero-order valence-corrected chi connectivity index (χ0v) is 13.0. The van der Waals surface area contributed by atoms with Gasteiger partial charge >= 0.3 is 0 Å². The largest absolute Gasteiger partial charge is 0.494 e. The average Bonchev–Trinajstić information content (AvgIpc) is 3.06. The van der Waals surface area contributed by atoms with Crippen LogP contribution in [0.25, 0.3) is 6.08 Å². The average molecular weight is 310 g/mol. The van der Waals surface area contributed by atoms with E-state index in [1.54, 1.807) is 30.4 Å². The van der Waals surface area contributed by atoms with Crippen LogP contribution in [0.15, 0.2) is 48.5 Å². The molecule has 2 aromatic rings. The predicted molar refractivity (Wildman–Crippen MR) is 88.2 cm³/mol. The molecule has 0 radical (unpaired) electrons. The second-order valence-electron chi connectivity index (χ2n) is 5.18. The van der Waals surface area contributed by atoms with Crippen LogP contribution in [-0.4, -0.2) is 19.2 Å². The molecule has 1 heterocycles. The number of carbonyl (C=O) groups excluding carboxylic acids is 1. The third kappa shape index (κ3) is 3.72. The predicted octanol–water partition coefficient (Wildman–Crippen LogP) is 4.10. The molecule has 0 aliphatic carbocycles. The minimum absolute atomic E-state index is 0.0744. The normalized spacial score (nSPS) is 12.6. The van der Waals surface area contributed by atoms with E-state index in [1.165, 1.54) is 0 Å². The molecule has 0 amide bonds. The van der Waals surface area contributed by atoms with Gasteiger partial charge in [0, 0.05) is 5.56 Å². The highest BCUT2D eigenvalue weighted by Gasteiger charge is 2.14. The zero-order valence-electron chi connectivity index (χ0n) is 13.0. The SMILES string of the molecule is CCCOc1ccc(/C=C/C(=O)c2ccc3c(c2)OCO3)cc1. The lowest BCUT2D eigenvalue weighted by atomic mass is 10.1. The molecule has 3 rings (SSSR count). The highest BCUT2D eigenvalue weighted by molar-refractivity contribution is 6.07. The molecule has 4 heteroatoms. The summed E-state index contributed by atoms with van der Waals surface area (Å²) in [6.07, 6.45) is 4.32. The maximum absolute atomic E-state index is 12.2. The molecule has 0 saturated heterocycles. The van der Waals surface area contributed by atoms with Gasteiger partial charge in [0.2, 0.25) is 6.79 Å². The second-order valence-corrected chi connectivity index (χ2v) is 5.18. The van der Waals surface area contributed by atoms with Crippen molar-refractivity contribution in [2.75, 3.05) is 13.4 Å². The van der Waals surface area contributed by atoms with E-state index in [0.29, 0.717) is 23.7 Å². The van der Waals surface area contributed by atoms with Crippen LogP contribution >= 0.6 is 0 Å². The molecule has 0 unspecified atom stereocenters. The van der Waals surface area contributed by atoms with Crippen molar-refractivity contribution in [1.29, 1.82) is 0 Å². The van der Waals surface area contributed by atoms with Gasteiger partial charge in [0.1, 0.15) is 5.75 Å². The lowest BCUT2D eigenvalue weighted by molar-refractivity contribution is 0.104. The number of ketones is 1. The molecule has 1 aliphatic rings. The summed E-state index contributed by atoms with van der Waals surface area (Å²) in [5, 5.41) is 0. The summed E-state index contributed by atoms with van der Waals surface area (Å²) in [7, 11) is 0. The topological polar surface area (TPSA) is 44.8 Å². The Kier molecular flexibility index (Phi) is 4.62. The first-order valence-electron chi connectivity index (χ1n) is 7.61. The number of benzene rings is 2. The summed E-state index contributed by atoms with van der Waals surface area (Å²) in [6.45, 7) is 2.98. The standard InChI is InChI=1S/C19H18O4/c1-2-11-21-16-7-3-14(4-8-16)5-9-17(20)15-6-10-18-19(12-15)23-13-22-18/h3-10,12H,2,11,13H2,1H3/b9-5+. The van der Waals surface area contributed by atoms with Crippen LogP contribution in [0.2, 0.25) is 0 Å². The fourth-order valence-electron chi connectivity index (χ4n) is 2.21. The third-order valence-electron chi connectivity index (χ3n) is 3.44. The van der Waals surface area contributed by atoms with Gasteiger partial charge in [-0.1, -0.05) is 25.1 Å². The number of ether oxygens (including phenoxy) is 3. The Morgan fingerprint density at radius 3 is 2.70 bits per heavy atom.